The van der Waals surface area contributed by atoms with Crippen LogP contribution in [0.2, 0.25) is 0 Å². The molecule has 1 heteroatoms. The molecule has 0 amide bonds. The number of hydrogen-bond acceptors (Lipinski definition) is 0. The quantitative estimate of drug-likeness (QED) is 0.219. The zero-order valence-electron chi connectivity index (χ0n) is 14.6. The first kappa shape index (κ1) is 13.6. The Bertz CT molecular complexity index is 1650. The molecule has 0 bridgehead atoms. The fourth-order valence-corrected chi connectivity index (χ4v) is 4.93. The van der Waals surface area contributed by atoms with Crippen LogP contribution in [-0.4, -0.2) is 4.98 Å². The van der Waals surface area contributed by atoms with Crippen molar-refractivity contribution in [2.24, 2.45) is 0 Å². The summed E-state index contributed by atoms with van der Waals surface area (Å²) in [6.45, 7) is 0. The summed E-state index contributed by atoms with van der Waals surface area (Å²) in [5, 5.41) is 13.3. The molecule has 6 aromatic carbocycles. The molecule has 0 saturated carbocycles. The molecule has 7 aromatic rings. The molecule has 1 N–H and O–H groups in total. The molecule has 27 heavy (non-hydrogen) atoms. The Morgan fingerprint density at radius 1 is 0.444 bits per heavy atom. The van der Waals surface area contributed by atoms with Crippen molar-refractivity contribution >= 4 is 64.9 Å². The molecule has 0 aliphatic rings. The van der Waals surface area contributed by atoms with E-state index in [0.717, 1.165) is 0 Å². The van der Waals surface area contributed by atoms with Crippen LogP contribution in [0.1, 0.15) is 0 Å². The molecule has 1 aromatic heterocycles. The second-order valence-electron chi connectivity index (χ2n) is 7.49. The normalized spacial score (nSPS) is 12.4. The largest absolute Gasteiger partial charge is 0.354 e. The minimum Gasteiger partial charge on any atom is -0.354 e. The van der Waals surface area contributed by atoms with E-state index in [2.05, 4.69) is 89.9 Å². The summed E-state index contributed by atoms with van der Waals surface area (Å²) in [5.41, 5.74) is 2.43. The van der Waals surface area contributed by atoms with Gasteiger partial charge in [-0.2, -0.15) is 0 Å². The summed E-state index contributed by atoms with van der Waals surface area (Å²) in [6, 6.07) is 31.1. The first-order valence-electron chi connectivity index (χ1n) is 9.38. The average molecular weight is 341 g/mol. The molecule has 0 fully saturated rings. The Kier molecular flexibility index (Phi) is 2.30. The van der Waals surface area contributed by atoms with Crippen LogP contribution in [0, 0.1) is 0 Å². The Balaban J connectivity index is 1.79. The van der Waals surface area contributed by atoms with Gasteiger partial charge in [0.05, 0.1) is 5.52 Å². The van der Waals surface area contributed by atoms with Gasteiger partial charge in [0, 0.05) is 21.7 Å². The van der Waals surface area contributed by atoms with Crippen LogP contribution in [0.15, 0.2) is 84.9 Å². The average Bonchev–Trinajstić information content (AvgIpc) is 3.11. The van der Waals surface area contributed by atoms with E-state index in [4.69, 9.17) is 0 Å². The molecule has 0 spiro atoms. The molecular weight excluding hydrogens is 326 g/mol. The van der Waals surface area contributed by atoms with E-state index in [0.29, 0.717) is 0 Å². The van der Waals surface area contributed by atoms with E-state index in [1.54, 1.807) is 0 Å². The first-order chi connectivity index (χ1) is 13.4. The van der Waals surface area contributed by atoms with Gasteiger partial charge in [0.2, 0.25) is 0 Å². The maximum atomic E-state index is 3.67. The lowest BCUT2D eigenvalue weighted by Gasteiger charge is -2.13. The fraction of sp³-hybridized carbons (Fsp3) is 0. The monoisotopic (exact) mass is 341 g/mol. The summed E-state index contributed by atoms with van der Waals surface area (Å²) < 4.78 is 0. The maximum absolute atomic E-state index is 3.67. The first-order valence-corrected chi connectivity index (χ1v) is 9.38. The van der Waals surface area contributed by atoms with Gasteiger partial charge in [0.25, 0.3) is 0 Å². The summed E-state index contributed by atoms with van der Waals surface area (Å²) in [5.74, 6) is 0. The molecule has 0 aliphatic heterocycles. The van der Waals surface area contributed by atoms with E-state index in [1.165, 1.54) is 64.9 Å². The highest BCUT2D eigenvalue weighted by Crippen LogP contribution is 2.41. The van der Waals surface area contributed by atoms with Crippen molar-refractivity contribution in [2.45, 2.75) is 0 Å². The summed E-state index contributed by atoms with van der Waals surface area (Å²) >= 11 is 0. The van der Waals surface area contributed by atoms with Crippen LogP contribution in [0.25, 0.3) is 64.9 Å². The third-order valence-corrected chi connectivity index (χ3v) is 6.12. The molecule has 0 radical (unpaired) electrons. The van der Waals surface area contributed by atoms with Gasteiger partial charge in [-0.1, -0.05) is 72.8 Å². The van der Waals surface area contributed by atoms with E-state index in [9.17, 15) is 0 Å². The molecule has 0 aliphatic carbocycles. The van der Waals surface area contributed by atoms with Gasteiger partial charge in [-0.05, 0) is 49.8 Å². The van der Waals surface area contributed by atoms with Crippen molar-refractivity contribution < 1.29 is 0 Å². The van der Waals surface area contributed by atoms with Crippen LogP contribution in [0.5, 0.6) is 0 Å². The molecule has 7 rings (SSSR count). The Labute approximate surface area is 155 Å². The van der Waals surface area contributed by atoms with Crippen molar-refractivity contribution in [3.63, 3.8) is 0 Å². The Morgan fingerprint density at radius 2 is 1.19 bits per heavy atom. The van der Waals surface area contributed by atoms with Crippen LogP contribution in [0.3, 0.4) is 0 Å². The lowest BCUT2D eigenvalue weighted by Crippen LogP contribution is -1.86. The zero-order chi connectivity index (χ0) is 17.5. The minimum absolute atomic E-state index is 1.20. The van der Waals surface area contributed by atoms with Gasteiger partial charge in [0.15, 0.2) is 0 Å². The number of aromatic amines is 1. The molecule has 0 unspecified atom stereocenters. The third-order valence-electron chi connectivity index (χ3n) is 6.12. The van der Waals surface area contributed by atoms with Crippen molar-refractivity contribution in [1.29, 1.82) is 0 Å². The number of aromatic nitrogens is 1. The van der Waals surface area contributed by atoms with Crippen LogP contribution in [-0.2, 0) is 0 Å². The summed E-state index contributed by atoms with van der Waals surface area (Å²) in [7, 11) is 0. The molecule has 0 atom stereocenters. The van der Waals surface area contributed by atoms with Gasteiger partial charge in [-0.25, -0.2) is 0 Å². The van der Waals surface area contributed by atoms with E-state index in [1.807, 2.05) is 0 Å². The van der Waals surface area contributed by atoms with Crippen LogP contribution in [0.4, 0.5) is 0 Å². The van der Waals surface area contributed by atoms with Crippen molar-refractivity contribution in [3.05, 3.63) is 84.9 Å². The van der Waals surface area contributed by atoms with Gasteiger partial charge in [-0.3, -0.25) is 0 Å². The predicted octanol–water partition coefficient (Wildman–Crippen LogP) is 7.37. The van der Waals surface area contributed by atoms with Crippen molar-refractivity contribution in [1.82, 2.24) is 4.98 Å². The molecule has 1 nitrogen and oxygen atoms in total. The predicted molar refractivity (Wildman–Crippen MR) is 117 cm³/mol. The standard InChI is InChI=1S/C26H15N/c1-2-7-23-19(6-1)21-13-12-18-20-11-10-16-5-3-4-15-8-9-17(25(20)24(15)16)14-22(18)26(21)27-23/h1-14,27H. The second kappa shape index (κ2) is 4.57. The number of fused-ring (bicyclic) bond motifs is 6. The SMILES string of the molecule is c1cc2ccc3cc4c(ccc5c6ccccc6[nH]c54)c4ccc(c1)c2c34. The van der Waals surface area contributed by atoms with Gasteiger partial charge in [0.1, 0.15) is 0 Å². The zero-order valence-corrected chi connectivity index (χ0v) is 14.6. The molecule has 1 heterocycles. The van der Waals surface area contributed by atoms with Gasteiger partial charge in [-0.15, -0.1) is 0 Å². The summed E-state index contributed by atoms with van der Waals surface area (Å²) in [4.78, 5) is 3.67. The lowest BCUT2D eigenvalue weighted by atomic mass is 9.90. The molecule has 124 valence electrons. The summed E-state index contributed by atoms with van der Waals surface area (Å²) in [6.07, 6.45) is 0. The molecular formula is C26H15N. The number of rotatable bonds is 0. The van der Waals surface area contributed by atoms with Crippen molar-refractivity contribution in [3.8, 4) is 0 Å². The van der Waals surface area contributed by atoms with E-state index < -0.39 is 0 Å². The highest BCUT2D eigenvalue weighted by Gasteiger charge is 2.14. The highest BCUT2D eigenvalue weighted by molar-refractivity contribution is 6.32. The van der Waals surface area contributed by atoms with Gasteiger partial charge >= 0.3 is 0 Å². The second-order valence-corrected chi connectivity index (χ2v) is 7.49. The smallest absolute Gasteiger partial charge is 0.0544 e. The number of H-pyrrole nitrogens is 1. The van der Waals surface area contributed by atoms with E-state index >= 15 is 0 Å². The highest BCUT2D eigenvalue weighted by atomic mass is 14.7. The maximum Gasteiger partial charge on any atom is 0.0544 e. The fourth-order valence-electron chi connectivity index (χ4n) is 4.93. The third kappa shape index (κ3) is 1.60. The Morgan fingerprint density at radius 3 is 2.11 bits per heavy atom. The van der Waals surface area contributed by atoms with Crippen LogP contribution >= 0.6 is 0 Å². The van der Waals surface area contributed by atoms with Gasteiger partial charge < -0.3 is 4.98 Å². The Hall–Kier alpha value is -3.58. The number of hydrogen-bond donors (Lipinski definition) is 1. The molecule has 0 saturated heterocycles. The van der Waals surface area contributed by atoms with E-state index in [-0.39, 0.29) is 0 Å². The topological polar surface area (TPSA) is 15.8 Å². The lowest BCUT2D eigenvalue weighted by molar-refractivity contribution is 1.57. The number of para-hydroxylation sites is 1. The van der Waals surface area contributed by atoms with Crippen LogP contribution < -0.4 is 0 Å². The number of benzene rings is 6. The number of nitrogens with one attached hydrogen (secondary N) is 1. The van der Waals surface area contributed by atoms with Crippen molar-refractivity contribution in [2.75, 3.05) is 0 Å². The minimum atomic E-state index is 1.20.